The number of rotatable bonds is 4. The molecule has 86 valence electrons. The second-order valence-electron chi connectivity index (χ2n) is 5.72. The highest BCUT2D eigenvalue weighted by Gasteiger charge is 2.43. The van der Waals surface area contributed by atoms with Crippen molar-refractivity contribution in [1.29, 1.82) is 0 Å². The van der Waals surface area contributed by atoms with E-state index in [1.54, 1.807) is 6.08 Å². The van der Waals surface area contributed by atoms with Gasteiger partial charge in [-0.1, -0.05) is 40.2 Å². The average Bonchev–Trinajstić information content (AvgIpc) is 2.41. The van der Waals surface area contributed by atoms with E-state index in [0.29, 0.717) is 17.3 Å². The van der Waals surface area contributed by atoms with Gasteiger partial charge in [0.05, 0.1) is 0 Å². The number of carbonyl (C=O) groups excluding carboxylic acids is 1. The Morgan fingerprint density at radius 2 is 1.93 bits per heavy atom. The maximum Gasteiger partial charge on any atom is 0.155 e. The van der Waals surface area contributed by atoms with Crippen LogP contribution in [0.2, 0.25) is 0 Å². The van der Waals surface area contributed by atoms with Crippen LogP contribution in [0.4, 0.5) is 0 Å². The van der Waals surface area contributed by atoms with Crippen LogP contribution in [0.25, 0.3) is 0 Å². The molecule has 0 heterocycles. The van der Waals surface area contributed by atoms with Crippen molar-refractivity contribution < 1.29 is 4.79 Å². The molecule has 1 unspecified atom stereocenters. The van der Waals surface area contributed by atoms with Gasteiger partial charge in [-0.05, 0) is 36.2 Å². The first-order valence-corrected chi connectivity index (χ1v) is 6.11. The largest absolute Gasteiger partial charge is 0.295 e. The molecule has 1 aliphatic carbocycles. The molecule has 1 atom stereocenters. The first-order chi connectivity index (χ1) is 6.91. The monoisotopic (exact) mass is 208 g/mol. The van der Waals surface area contributed by atoms with E-state index in [-0.39, 0.29) is 5.78 Å². The third-order valence-electron chi connectivity index (χ3n) is 4.38. The quantitative estimate of drug-likeness (QED) is 0.635. The molecule has 0 bridgehead atoms. The van der Waals surface area contributed by atoms with Crippen LogP contribution in [0.5, 0.6) is 0 Å². The summed E-state index contributed by atoms with van der Waals surface area (Å²) in [5, 5.41) is 0. The topological polar surface area (TPSA) is 17.1 Å². The van der Waals surface area contributed by atoms with Gasteiger partial charge in [0.1, 0.15) is 0 Å². The lowest BCUT2D eigenvalue weighted by Crippen LogP contribution is -2.28. The Bertz CT molecular complexity index is 263. The first kappa shape index (κ1) is 12.5. The zero-order valence-electron chi connectivity index (χ0n) is 10.6. The maximum absolute atomic E-state index is 11.2. The molecule has 0 aromatic rings. The van der Waals surface area contributed by atoms with Crippen molar-refractivity contribution in [3.63, 3.8) is 0 Å². The smallest absolute Gasteiger partial charge is 0.155 e. The molecule has 1 fully saturated rings. The standard InChI is InChI=1S/C14H24O/c1-5-12(15)8-6-10-14(4)11-7-9-13(14,2)3/h6,8H,5,7,9-11H2,1-4H3. The summed E-state index contributed by atoms with van der Waals surface area (Å²) in [5.41, 5.74) is 0.810. The molecule has 0 radical (unpaired) electrons. The summed E-state index contributed by atoms with van der Waals surface area (Å²) >= 11 is 0. The van der Waals surface area contributed by atoms with Crippen molar-refractivity contribution in [2.45, 2.75) is 59.8 Å². The van der Waals surface area contributed by atoms with E-state index in [1.807, 2.05) is 6.92 Å². The van der Waals surface area contributed by atoms with Gasteiger partial charge in [0.25, 0.3) is 0 Å². The molecule has 1 saturated carbocycles. The molecule has 0 N–H and O–H groups in total. The van der Waals surface area contributed by atoms with Crippen molar-refractivity contribution in [2.75, 3.05) is 0 Å². The highest BCUT2D eigenvalue weighted by Crippen LogP contribution is 2.54. The van der Waals surface area contributed by atoms with Crippen LogP contribution in [0.15, 0.2) is 12.2 Å². The lowest BCUT2D eigenvalue weighted by molar-refractivity contribution is -0.114. The molecule has 0 spiro atoms. The highest BCUT2D eigenvalue weighted by atomic mass is 16.1. The van der Waals surface area contributed by atoms with Gasteiger partial charge in [0, 0.05) is 6.42 Å². The summed E-state index contributed by atoms with van der Waals surface area (Å²) in [5.74, 6) is 0.245. The Hall–Kier alpha value is -0.590. The van der Waals surface area contributed by atoms with Gasteiger partial charge in [-0.3, -0.25) is 4.79 Å². The summed E-state index contributed by atoms with van der Waals surface area (Å²) in [7, 11) is 0. The van der Waals surface area contributed by atoms with Gasteiger partial charge in [-0.2, -0.15) is 0 Å². The van der Waals surface area contributed by atoms with Crippen molar-refractivity contribution in [2.24, 2.45) is 10.8 Å². The van der Waals surface area contributed by atoms with Crippen LogP contribution in [0.3, 0.4) is 0 Å². The van der Waals surface area contributed by atoms with Crippen LogP contribution in [0, 0.1) is 10.8 Å². The van der Waals surface area contributed by atoms with Crippen molar-refractivity contribution in [3.05, 3.63) is 12.2 Å². The molecule has 0 aromatic heterocycles. The summed E-state index contributed by atoms with van der Waals surface area (Å²) in [6, 6.07) is 0. The predicted molar refractivity (Wildman–Crippen MR) is 64.8 cm³/mol. The van der Waals surface area contributed by atoms with Crippen LogP contribution in [-0.2, 0) is 4.79 Å². The van der Waals surface area contributed by atoms with E-state index in [9.17, 15) is 4.79 Å². The Labute approximate surface area is 93.9 Å². The summed E-state index contributed by atoms with van der Waals surface area (Å²) < 4.78 is 0. The third-order valence-corrected chi connectivity index (χ3v) is 4.38. The SMILES string of the molecule is CCC(=O)C=CCC1(C)CCCC1(C)C. The van der Waals surface area contributed by atoms with E-state index in [2.05, 4.69) is 26.8 Å². The first-order valence-electron chi connectivity index (χ1n) is 6.11. The minimum Gasteiger partial charge on any atom is -0.295 e. The van der Waals surface area contributed by atoms with Gasteiger partial charge >= 0.3 is 0 Å². The van der Waals surface area contributed by atoms with E-state index < -0.39 is 0 Å². The molecule has 1 nitrogen and oxygen atoms in total. The maximum atomic E-state index is 11.2. The second-order valence-corrected chi connectivity index (χ2v) is 5.72. The third kappa shape index (κ3) is 2.70. The zero-order chi connectivity index (χ0) is 11.5. The lowest BCUT2D eigenvalue weighted by Gasteiger charge is -2.37. The Morgan fingerprint density at radius 1 is 1.27 bits per heavy atom. The molecular weight excluding hydrogens is 184 g/mol. The molecule has 1 heteroatoms. The molecule has 0 amide bonds. The lowest BCUT2D eigenvalue weighted by atomic mass is 9.67. The fraction of sp³-hybridized carbons (Fsp3) is 0.786. The van der Waals surface area contributed by atoms with Gasteiger partial charge in [0.2, 0.25) is 0 Å². The van der Waals surface area contributed by atoms with E-state index >= 15 is 0 Å². The van der Waals surface area contributed by atoms with Gasteiger partial charge in [0.15, 0.2) is 5.78 Å². The molecule has 1 aliphatic rings. The summed E-state index contributed by atoms with van der Waals surface area (Å²) in [4.78, 5) is 11.2. The molecule has 0 aliphatic heterocycles. The average molecular weight is 208 g/mol. The van der Waals surface area contributed by atoms with Crippen molar-refractivity contribution >= 4 is 5.78 Å². The number of hydrogen-bond acceptors (Lipinski definition) is 1. The zero-order valence-corrected chi connectivity index (χ0v) is 10.6. The van der Waals surface area contributed by atoms with Gasteiger partial charge < -0.3 is 0 Å². The van der Waals surface area contributed by atoms with E-state index in [1.165, 1.54) is 19.3 Å². The van der Waals surface area contributed by atoms with E-state index in [4.69, 9.17) is 0 Å². The number of ketones is 1. The molecule has 1 rings (SSSR count). The van der Waals surface area contributed by atoms with Crippen LogP contribution < -0.4 is 0 Å². The number of hydrogen-bond donors (Lipinski definition) is 0. The van der Waals surface area contributed by atoms with E-state index in [0.717, 1.165) is 6.42 Å². The Morgan fingerprint density at radius 3 is 2.40 bits per heavy atom. The van der Waals surface area contributed by atoms with Crippen LogP contribution in [0.1, 0.15) is 59.8 Å². The van der Waals surface area contributed by atoms with Crippen molar-refractivity contribution in [1.82, 2.24) is 0 Å². The molecule has 0 aromatic carbocycles. The van der Waals surface area contributed by atoms with Crippen molar-refractivity contribution in [3.8, 4) is 0 Å². The fourth-order valence-corrected chi connectivity index (χ4v) is 2.51. The predicted octanol–water partition coefficient (Wildman–Crippen LogP) is 4.13. The number of allylic oxidation sites excluding steroid dienone is 2. The normalized spacial score (nSPS) is 29.9. The Balaban J connectivity index is 2.57. The molecular formula is C14H24O. The van der Waals surface area contributed by atoms with Crippen LogP contribution >= 0.6 is 0 Å². The summed E-state index contributed by atoms with van der Waals surface area (Å²) in [6.07, 6.45) is 9.46. The molecule has 0 saturated heterocycles. The minimum atomic E-state index is 0.245. The Kier molecular flexibility index (Phi) is 3.75. The fourth-order valence-electron chi connectivity index (χ4n) is 2.51. The van der Waals surface area contributed by atoms with Gasteiger partial charge in [-0.25, -0.2) is 0 Å². The van der Waals surface area contributed by atoms with Crippen LogP contribution in [-0.4, -0.2) is 5.78 Å². The highest BCUT2D eigenvalue weighted by molar-refractivity contribution is 5.89. The number of carbonyl (C=O) groups is 1. The van der Waals surface area contributed by atoms with Gasteiger partial charge in [-0.15, -0.1) is 0 Å². The molecule has 15 heavy (non-hydrogen) atoms. The minimum absolute atomic E-state index is 0.245. The second kappa shape index (κ2) is 4.51. The summed E-state index contributed by atoms with van der Waals surface area (Å²) in [6.45, 7) is 8.99.